The van der Waals surface area contributed by atoms with E-state index in [-0.39, 0.29) is 30.7 Å². The van der Waals surface area contributed by atoms with Gasteiger partial charge in [-0.15, -0.1) is 12.4 Å². The van der Waals surface area contributed by atoms with Crippen LogP contribution in [0.5, 0.6) is 0 Å². The molecule has 0 aliphatic rings. The average molecular weight is 344 g/mol. The summed E-state index contributed by atoms with van der Waals surface area (Å²) in [4.78, 5) is 16.7. The van der Waals surface area contributed by atoms with E-state index in [9.17, 15) is 9.18 Å². The molecule has 1 unspecified atom stereocenters. The lowest BCUT2D eigenvalue weighted by Gasteiger charge is -2.20. The number of hydrogen-bond acceptors (Lipinski definition) is 5. The first kappa shape index (κ1) is 19.1. The number of aromatic nitrogens is 2. The van der Waals surface area contributed by atoms with Crippen molar-refractivity contribution in [2.75, 3.05) is 13.6 Å². The van der Waals surface area contributed by atoms with Gasteiger partial charge in [-0.2, -0.15) is 4.98 Å². The van der Waals surface area contributed by atoms with Gasteiger partial charge in [-0.25, -0.2) is 4.39 Å². The molecule has 2 aromatic rings. The number of carboxylic acids is 1. The quantitative estimate of drug-likeness (QED) is 0.868. The SMILES string of the molecule is Cc1cc(-c2noc(C(C)N(C)CCC(=O)O)n2)ccc1F.Cl. The van der Waals surface area contributed by atoms with Crippen molar-refractivity contribution in [1.29, 1.82) is 0 Å². The van der Waals surface area contributed by atoms with Gasteiger partial charge >= 0.3 is 5.97 Å². The fourth-order valence-corrected chi connectivity index (χ4v) is 1.96. The standard InChI is InChI=1S/C15H18FN3O3.ClH/c1-9-8-11(4-5-12(9)16)14-17-15(22-18-14)10(2)19(3)7-6-13(20)21;/h4-5,8,10H,6-7H2,1-3H3,(H,20,21);1H. The molecular formula is C15H19ClFN3O3. The Labute approximate surface area is 139 Å². The lowest BCUT2D eigenvalue weighted by Crippen LogP contribution is -2.25. The molecule has 0 fully saturated rings. The zero-order valence-corrected chi connectivity index (χ0v) is 13.9. The Kier molecular flexibility index (Phi) is 6.65. The van der Waals surface area contributed by atoms with Crippen LogP contribution in [0.1, 0.15) is 30.8 Å². The van der Waals surface area contributed by atoms with Gasteiger partial charge in [0.25, 0.3) is 0 Å². The van der Waals surface area contributed by atoms with Crippen molar-refractivity contribution in [3.05, 3.63) is 35.5 Å². The Morgan fingerprint density at radius 3 is 2.78 bits per heavy atom. The fourth-order valence-electron chi connectivity index (χ4n) is 1.96. The number of halogens is 2. The van der Waals surface area contributed by atoms with E-state index in [0.717, 1.165) is 0 Å². The van der Waals surface area contributed by atoms with E-state index in [0.29, 0.717) is 29.4 Å². The van der Waals surface area contributed by atoms with Crippen LogP contribution in [0, 0.1) is 12.7 Å². The average Bonchev–Trinajstić information content (AvgIpc) is 2.96. The highest BCUT2D eigenvalue weighted by molar-refractivity contribution is 5.85. The molecule has 0 aliphatic heterocycles. The van der Waals surface area contributed by atoms with Gasteiger partial charge in [-0.05, 0) is 44.7 Å². The van der Waals surface area contributed by atoms with Gasteiger partial charge < -0.3 is 9.63 Å². The first-order valence-electron chi connectivity index (χ1n) is 6.90. The van der Waals surface area contributed by atoms with Crippen molar-refractivity contribution in [1.82, 2.24) is 15.0 Å². The van der Waals surface area contributed by atoms with Crippen molar-refractivity contribution >= 4 is 18.4 Å². The van der Waals surface area contributed by atoms with E-state index in [1.165, 1.54) is 6.07 Å². The summed E-state index contributed by atoms with van der Waals surface area (Å²) in [6, 6.07) is 4.41. The Morgan fingerprint density at radius 2 is 2.17 bits per heavy atom. The molecule has 126 valence electrons. The van der Waals surface area contributed by atoms with Gasteiger partial charge in [0, 0.05) is 12.1 Å². The summed E-state index contributed by atoms with van der Waals surface area (Å²) in [5.41, 5.74) is 1.18. The molecule has 1 aromatic carbocycles. The van der Waals surface area contributed by atoms with Gasteiger partial charge in [0.1, 0.15) is 5.82 Å². The molecule has 0 amide bonds. The van der Waals surface area contributed by atoms with Gasteiger partial charge in [0.05, 0.1) is 12.5 Å². The van der Waals surface area contributed by atoms with Crippen LogP contribution in [-0.4, -0.2) is 39.7 Å². The van der Waals surface area contributed by atoms with Crippen LogP contribution in [0.4, 0.5) is 4.39 Å². The van der Waals surface area contributed by atoms with E-state index in [1.54, 1.807) is 26.1 Å². The molecule has 23 heavy (non-hydrogen) atoms. The predicted octanol–water partition coefficient (Wildman–Crippen LogP) is 3.07. The maximum atomic E-state index is 13.3. The molecule has 1 heterocycles. The monoisotopic (exact) mass is 343 g/mol. The number of rotatable bonds is 6. The summed E-state index contributed by atoms with van der Waals surface area (Å²) in [6.07, 6.45) is 0.0407. The van der Waals surface area contributed by atoms with Crippen molar-refractivity contribution in [3.8, 4) is 11.4 Å². The molecule has 1 N–H and O–H groups in total. The summed E-state index contributed by atoms with van der Waals surface area (Å²) in [5, 5.41) is 12.6. The molecule has 0 spiro atoms. The van der Waals surface area contributed by atoms with E-state index in [4.69, 9.17) is 9.63 Å². The molecule has 1 atom stereocenters. The Morgan fingerprint density at radius 1 is 1.48 bits per heavy atom. The Balaban J connectivity index is 0.00000264. The molecule has 0 saturated heterocycles. The van der Waals surface area contributed by atoms with Crippen molar-refractivity contribution in [2.24, 2.45) is 0 Å². The van der Waals surface area contributed by atoms with Gasteiger partial charge in [-0.3, -0.25) is 9.69 Å². The predicted molar refractivity (Wildman–Crippen MR) is 85.0 cm³/mol. The topological polar surface area (TPSA) is 79.5 Å². The molecule has 1 aromatic heterocycles. The second-order valence-corrected chi connectivity index (χ2v) is 5.22. The van der Waals surface area contributed by atoms with Crippen LogP contribution in [0.25, 0.3) is 11.4 Å². The smallest absolute Gasteiger partial charge is 0.304 e. The maximum absolute atomic E-state index is 13.3. The molecule has 0 bridgehead atoms. The van der Waals surface area contributed by atoms with Gasteiger partial charge in [-0.1, -0.05) is 5.16 Å². The van der Waals surface area contributed by atoms with Gasteiger partial charge in [0.2, 0.25) is 11.7 Å². The number of carboxylic acid groups (broad SMARTS) is 1. The summed E-state index contributed by atoms with van der Waals surface area (Å²) in [6.45, 7) is 3.90. The van der Waals surface area contributed by atoms with Crippen molar-refractivity contribution in [2.45, 2.75) is 26.3 Å². The molecule has 2 rings (SSSR count). The van der Waals surface area contributed by atoms with E-state index in [2.05, 4.69) is 10.1 Å². The Bertz CT molecular complexity index is 678. The number of hydrogen-bond donors (Lipinski definition) is 1. The first-order chi connectivity index (χ1) is 10.4. The fraction of sp³-hybridized carbons (Fsp3) is 0.400. The Hall–Kier alpha value is -1.99. The summed E-state index contributed by atoms with van der Waals surface area (Å²) in [5.74, 6) is -0.359. The van der Waals surface area contributed by atoms with Crippen LogP contribution >= 0.6 is 12.4 Å². The van der Waals surface area contributed by atoms with Crippen LogP contribution in [0.2, 0.25) is 0 Å². The van der Waals surface area contributed by atoms with Crippen LogP contribution in [0.3, 0.4) is 0 Å². The van der Waals surface area contributed by atoms with E-state index < -0.39 is 5.97 Å². The van der Waals surface area contributed by atoms with Crippen LogP contribution in [0.15, 0.2) is 22.7 Å². The molecule has 8 heteroatoms. The number of carbonyl (C=O) groups is 1. The molecule has 0 aliphatic carbocycles. The zero-order chi connectivity index (χ0) is 16.3. The molecule has 0 radical (unpaired) electrons. The summed E-state index contributed by atoms with van der Waals surface area (Å²) < 4.78 is 18.5. The van der Waals surface area contributed by atoms with Gasteiger partial charge in [0.15, 0.2) is 0 Å². The summed E-state index contributed by atoms with van der Waals surface area (Å²) in [7, 11) is 1.79. The molecule has 6 nitrogen and oxygen atoms in total. The maximum Gasteiger partial charge on any atom is 0.304 e. The van der Waals surface area contributed by atoms with Crippen LogP contribution in [-0.2, 0) is 4.79 Å². The second kappa shape index (κ2) is 8.03. The highest BCUT2D eigenvalue weighted by Gasteiger charge is 2.20. The third-order valence-corrected chi connectivity index (χ3v) is 3.55. The highest BCUT2D eigenvalue weighted by Crippen LogP contribution is 2.23. The third kappa shape index (κ3) is 4.74. The largest absolute Gasteiger partial charge is 0.481 e. The lowest BCUT2D eigenvalue weighted by molar-refractivity contribution is -0.137. The van der Waals surface area contributed by atoms with Crippen molar-refractivity contribution in [3.63, 3.8) is 0 Å². The highest BCUT2D eigenvalue weighted by atomic mass is 35.5. The number of aryl methyl sites for hydroxylation is 1. The number of nitrogens with zero attached hydrogens (tertiary/aromatic N) is 3. The number of benzene rings is 1. The molecular weight excluding hydrogens is 325 g/mol. The zero-order valence-electron chi connectivity index (χ0n) is 13.1. The summed E-state index contributed by atoms with van der Waals surface area (Å²) >= 11 is 0. The normalized spacial score (nSPS) is 12.0. The van der Waals surface area contributed by atoms with E-state index >= 15 is 0 Å². The third-order valence-electron chi connectivity index (χ3n) is 3.55. The second-order valence-electron chi connectivity index (χ2n) is 5.22. The first-order valence-corrected chi connectivity index (χ1v) is 6.90. The molecule has 0 saturated carbocycles. The van der Waals surface area contributed by atoms with Crippen molar-refractivity contribution < 1.29 is 18.8 Å². The minimum absolute atomic E-state index is 0. The lowest BCUT2D eigenvalue weighted by atomic mass is 10.1. The minimum atomic E-state index is -0.855. The number of aliphatic carboxylic acids is 1. The minimum Gasteiger partial charge on any atom is -0.481 e. The van der Waals surface area contributed by atoms with Crippen LogP contribution < -0.4 is 0 Å². The van der Waals surface area contributed by atoms with E-state index in [1.807, 2.05) is 11.8 Å².